The van der Waals surface area contributed by atoms with Gasteiger partial charge < -0.3 is 0 Å². The van der Waals surface area contributed by atoms with Gasteiger partial charge in [-0.15, -0.1) is 0 Å². The van der Waals surface area contributed by atoms with Crippen LogP contribution >= 0.6 is 11.8 Å². The van der Waals surface area contributed by atoms with Crippen LogP contribution in [0.2, 0.25) is 0 Å². The van der Waals surface area contributed by atoms with Crippen LogP contribution in [0.3, 0.4) is 0 Å². The smallest absolute Gasteiger partial charge is 0.186 e. The first-order valence-electron chi connectivity index (χ1n) is 2.71. The molecule has 50 valence electrons. The van der Waals surface area contributed by atoms with Crippen molar-refractivity contribution in [3.05, 3.63) is 0 Å². The summed E-state index contributed by atoms with van der Waals surface area (Å²) in [5.41, 5.74) is 0. The second-order valence-electron chi connectivity index (χ2n) is 1.78. The van der Waals surface area contributed by atoms with Gasteiger partial charge in [-0.2, -0.15) is 5.26 Å². The van der Waals surface area contributed by atoms with Crippen molar-refractivity contribution in [3.8, 4) is 6.07 Å². The van der Waals surface area contributed by atoms with E-state index >= 15 is 0 Å². The second kappa shape index (κ2) is 4.39. The van der Waals surface area contributed by atoms with E-state index in [4.69, 9.17) is 5.26 Å². The Labute approximate surface area is 59.2 Å². The topological polar surface area (TPSA) is 40.9 Å². The molecule has 0 aliphatic heterocycles. The van der Waals surface area contributed by atoms with Crippen molar-refractivity contribution in [2.75, 3.05) is 0 Å². The summed E-state index contributed by atoms with van der Waals surface area (Å²) in [5, 5.41) is 8.40. The van der Waals surface area contributed by atoms with Crippen LogP contribution in [0.4, 0.5) is 0 Å². The fraction of sp³-hybridized carbons (Fsp3) is 0.667. The lowest BCUT2D eigenvalue weighted by Crippen LogP contribution is -1.97. The lowest BCUT2D eigenvalue weighted by molar-refractivity contribution is -0.109. The summed E-state index contributed by atoms with van der Waals surface area (Å²) in [6.45, 7) is 3.38. The largest absolute Gasteiger partial charge is 0.288 e. The van der Waals surface area contributed by atoms with Gasteiger partial charge in [0.15, 0.2) is 5.12 Å². The van der Waals surface area contributed by atoms with Gasteiger partial charge in [-0.05, 0) is 0 Å². The molecule has 0 heterocycles. The van der Waals surface area contributed by atoms with Gasteiger partial charge in [0, 0.05) is 18.6 Å². The zero-order valence-corrected chi connectivity index (χ0v) is 6.36. The SMILES string of the molecule is CC(=O)SC(C)CC#N. The summed E-state index contributed by atoms with van der Waals surface area (Å²) >= 11 is 1.22. The Balaban J connectivity index is 3.40. The lowest BCUT2D eigenvalue weighted by Gasteiger charge is -1.99. The summed E-state index contributed by atoms with van der Waals surface area (Å²) in [5.74, 6) is 0. The van der Waals surface area contributed by atoms with Crippen molar-refractivity contribution in [1.29, 1.82) is 5.26 Å². The Bertz CT molecular complexity index is 138. The number of hydrogen-bond acceptors (Lipinski definition) is 3. The molecule has 2 nitrogen and oxygen atoms in total. The quantitative estimate of drug-likeness (QED) is 0.589. The first kappa shape index (κ1) is 8.51. The summed E-state index contributed by atoms with van der Waals surface area (Å²) in [6.07, 6.45) is 0.449. The third-order valence-corrected chi connectivity index (χ3v) is 1.65. The maximum Gasteiger partial charge on any atom is 0.186 e. The van der Waals surface area contributed by atoms with Crippen LogP contribution < -0.4 is 0 Å². The van der Waals surface area contributed by atoms with E-state index in [0.717, 1.165) is 0 Å². The van der Waals surface area contributed by atoms with Crippen LogP contribution in [0.15, 0.2) is 0 Å². The van der Waals surface area contributed by atoms with Crippen LogP contribution in [0.25, 0.3) is 0 Å². The van der Waals surface area contributed by atoms with Gasteiger partial charge in [0.1, 0.15) is 0 Å². The van der Waals surface area contributed by atoms with E-state index in [1.807, 2.05) is 13.0 Å². The normalized spacial score (nSPS) is 12.1. The predicted molar refractivity (Wildman–Crippen MR) is 38.0 cm³/mol. The summed E-state index contributed by atoms with van der Waals surface area (Å²) in [6, 6.07) is 2.00. The van der Waals surface area contributed by atoms with E-state index < -0.39 is 0 Å². The molecule has 3 heteroatoms. The van der Waals surface area contributed by atoms with Crippen molar-refractivity contribution in [1.82, 2.24) is 0 Å². The minimum absolute atomic E-state index is 0.0813. The van der Waals surface area contributed by atoms with Gasteiger partial charge in [0.25, 0.3) is 0 Å². The zero-order valence-electron chi connectivity index (χ0n) is 5.55. The number of hydrogen-bond donors (Lipinski definition) is 0. The molecule has 1 unspecified atom stereocenters. The molecule has 0 spiro atoms. The molecule has 0 aromatic rings. The van der Waals surface area contributed by atoms with Crippen molar-refractivity contribution in [2.24, 2.45) is 0 Å². The molecule has 0 radical (unpaired) electrons. The molecular weight excluding hydrogens is 134 g/mol. The first-order valence-corrected chi connectivity index (χ1v) is 3.59. The van der Waals surface area contributed by atoms with Gasteiger partial charge in [0.2, 0.25) is 0 Å². The predicted octanol–water partition coefficient (Wildman–Crippen LogP) is 1.57. The van der Waals surface area contributed by atoms with Gasteiger partial charge in [0.05, 0.1) is 6.07 Å². The van der Waals surface area contributed by atoms with E-state index in [-0.39, 0.29) is 10.4 Å². The molecule has 9 heavy (non-hydrogen) atoms. The Hall–Kier alpha value is -0.490. The fourth-order valence-corrected chi connectivity index (χ4v) is 1.18. The standard InChI is InChI=1S/C6H9NOS/c1-5(3-4-7)9-6(2)8/h5H,3H2,1-2H3. The number of nitriles is 1. The van der Waals surface area contributed by atoms with Gasteiger partial charge in [-0.25, -0.2) is 0 Å². The van der Waals surface area contributed by atoms with E-state index in [0.29, 0.717) is 6.42 Å². The Morgan fingerprint density at radius 3 is 2.78 bits per heavy atom. The van der Waals surface area contributed by atoms with Crippen LogP contribution in [0.1, 0.15) is 20.3 Å². The summed E-state index contributed by atoms with van der Waals surface area (Å²) in [4.78, 5) is 10.4. The molecule has 0 bridgehead atoms. The Kier molecular flexibility index (Phi) is 4.16. The van der Waals surface area contributed by atoms with E-state index in [1.54, 1.807) is 0 Å². The molecule has 0 N–H and O–H groups in total. The molecule has 0 saturated heterocycles. The molecule has 0 aliphatic rings. The molecular formula is C6H9NOS. The van der Waals surface area contributed by atoms with Crippen LogP contribution in [-0.2, 0) is 4.79 Å². The number of nitrogens with zero attached hydrogens (tertiary/aromatic N) is 1. The van der Waals surface area contributed by atoms with E-state index in [1.165, 1.54) is 18.7 Å². The minimum atomic E-state index is 0.0813. The molecule has 1 atom stereocenters. The number of rotatable bonds is 2. The average Bonchev–Trinajstić information content (AvgIpc) is 1.63. The van der Waals surface area contributed by atoms with Gasteiger partial charge in [-0.3, -0.25) is 4.79 Å². The highest BCUT2D eigenvalue weighted by Crippen LogP contribution is 2.13. The van der Waals surface area contributed by atoms with E-state index in [9.17, 15) is 4.79 Å². The van der Waals surface area contributed by atoms with Crippen LogP contribution in [0, 0.1) is 11.3 Å². The third-order valence-electron chi connectivity index (χ3n) is 0.746. The minimum Gasteiger partial charge on any atom is -0.288 e. The first-order chi connectivity index (χ1) is 4.16. The highest BCUT2D eigenvalue weighted by atomic mass is 32.2. The highest BCUT2D eigenvalue weighted by molar-refractivity contribution is 8.14. The van der Waals surface area contributed by atoms with Crippen LogP contribution in [0.5, 0.6) is 0 Å². The van der Waals surface area contributed by atoms with Crippen molar-refractivity contribution >= 4 is 16.9 Å². The van der Waals surface area contributed by atoms with Crippen LogP contribution in [-0.4, -0.2) is 10.4 Å². The zero-order chi connectivity index (χ0) is 7.28. The Morgan fingerprint density at radius 2 is 2.44 bits per heavy atom. The molecule has 0 fully saturated rings. The number of carbonyl (C=O) groups excluding carboxylic acids is 1. The van der Waals surface area contributed by atoms with Crippen molar-refractivity contribution in [2.45, 2.75) is 25.5 Å². The maximum absolute atomic E-state index is 10.4. The van der Waals surface area contributed by atoms with Crippen molar-refractivity contribution < 1.29 is 4.79 Å². The second-order valence-corrected chi connectivity index (χ2v) is 3.40. The fourth-order valence-electron chi connectivity index (χ4n) is 0.454. The van der Waals surface area contributed by atoms with Gasteiger partial charge in [-0.1, -0.05) is 18.7 Å². The molecule has 0 rings (SSSR count). The number of thioether (sulfide) groups is 1. The molecule has 0 aromatic carbocycles. The average molecular weight is 143 g/mol. The lowest BCUT2D eigenvalue weighted by atomic mass is 10.4. The van der Waals surface area contributed by atoms with E-state index in [2.05, 4.69) is 0 Å². The maximum atomic E-state index is 10.4. The Morgan fingerprint density at radius 1 is 1.89 bits per heavy atom. The summed E-state index contributed by atoms with van der Waals surface area (Å²) in [7, 11) is 0. The number of carbonyl (C=O) groups is 1. The molecule has 0 aliphatic carbocycles. The van der Waals surface area contributed by atoms with Crippen molar-refractivity contribution in [3.63, 3.8) is 0 Å². The third kappa shape index (κ3) is 5.38. The highest BCUT2D eigenvalue weighted by Gasteiger charge is 2.03. The molecule has 0 amide bonds. The van der Waals surface area contributed by atoms with Gasteiger partial charge >= 0.3 is 0 Å². The molecule has 0 saturated carbocycles. The summed E-state index contributed by atoms with van der Waals surface area (Å²) < 4.78 is 0. The monoisotopic (exact) mass is 143 g/mol. The molecule has 0 aromatic heterocycles.